The fourth-order valence-corrected chi connectivity index (χ4v) is 9.05. The fourth-order valence-electron chi connectivity index (χ4n) is 9.05. The normalized spacial score (nSPS) is 12.5. The van der Waals surface area contributed by atoms with Gasteiger partial charge in [-0.15, -0.1) is 0 Å². The maximum absolute atomic E-state index is 12.9. The van der Waals surface area contributed by atoms with Crippen LogP contribution in [0.3, 0.4) is 0 Å². The van der Waals surface area contributed by atoms with Crippen LogP contribution in [-0.4, -0.2) is 37.2 Å². The zero-order valence-electron chi connectivity index (χ0n) is 48.4. The molecule has 0 amide bonds. The van der Waals surface area contributed by atoms with Crippen molar-refractivity contribution >= 4 is 17.9 Å². The number of esters is 3. The van der Waals surface area contributed by atoms with E-state index < -0.39 is 6.10 Å². The van der Waals surface area contributed by atoms with Crippen LogP contribution >= 0.6 is 0 Å². The van der Waals surface area contributed by atoms with E-state index in [0.717, 1.165) is 103 Å². The van der Waals surface area contributed by atoms with Crippen molar-refractivity contribution in [1.82, 2.24) is 0 Å². The van der Waals surface area contributed by atoms with Gasteiger partial charge in [-0.2, -0.15) is 0 Å². The van der Waals surface area contributed by atoms with Gasteiger partial charge in [-0.1, -0.05) is 293 Å². The van der Waals surface area contributed by atoms with Crippen molar-refractivity contribution in [3.05, 3.63) is 72.9 Å². The molecule has 0 saturated carbocycles. The number of unbranched alkanes of at least 4 members (excludes halogenated alkanes) is 36. The standard InChI is InChI=1S/C67H118O6/c1-4-7-10-13-16-19-22-25-28-31-34-37-39-42-45-48-51-54-57-60-66(69)72-63-64(73-67(70)61-58-55-52-49-46-43-40-36-33-30-27-24-21-18-15-12-9-6-3)62-71-65(68)59-56-53-50-47-44-41-38-35-32-29-26-23-20-17-14-11-8-5-2/h7,10,16,19,24-25,27-28,30,33,36,40,64H,4-6,8-9,11-15,17-18,20-23,26,29,31-32,34-35,37-39,41-63H2,1-3H3/b10-7-,19-16-,27-24-,28-25-,33-30-,40-36-. The van der Waals surface area contributed by atoms with Gasteiger partial charge in [0.2, 0.25) is 0 Å². The fraction of sp³-hybridized carbons (Fsp3) is 0.776. The molecule has 0 aliphatic carbocycles. The van der Waals surface area contributed by atoms with E-state index in [1.807, 2.05) is 0 Å². The maximum atomic E-state index is 12.9. The minimum Gasteiger partial charge on any atom is -0.462 e. The Morgan fingerprint density at radius 3 is 0.945 bits per heavy atom. The van der Waals surface area contributed by atoms with Gasteiger partial charge in [0.25, 0.3) is 0 Å². The summed E-state index contributed by atoms with van der Waals surface area (Å²) < 4.78 is 16.9. The van der Waals surface area contributed by atoms with Gasteiger partial charge < -0.3 is 14.2 Å². The van der Waals surface area contributed by atoms with Crippen molar-refractivity contribution in [2.45, 2.75) is 322 Å². The molecule has 0 N–H and O–H groups in total. The first-order valence-electron chi connectivity index (χ1n) is 31.5. The summed E-state index contributed by atoms with van der Waals surface area (Å²) in [7, 11) is 0. The lowest BCUT2D eigenvalue weighted by atomic mass is 10.0. The highest BCUT2D eigenvalue weighted by atomic mass is 16.6. The smallest absolute Gasteiger partial charge is 0.306 e. The highest BCUT2D eigenvalue weighted by molar-refractivity contribution is 5.71. The van der Waals surface area contributed by atoms with E-state index in [4.69, 9.17) is 14.2 Å². The summed E-state index contributed by atoms with van der Waals surface area (Å²) in [6, 6.07) is 0. The average molecular weight is 1020 g/mol. The second kappa shape index (κ2) is 61.4. The summed E-state index contributed by atoms with van der Waals surface area (Å²) in [5.41, 5.74) is 0. The van der Waals surface area contributed by atoms with Crippen molar-refractivity contribution in [2.75, 3.05) is 13.2 Å². The molecule has 0 heterocycles. The van der Waals surface area contributed by atoms with Crippen LogP contribution in [0.4, 0.5) is 0 Å². The molecule has 6 heteroatoms. The van der Waals surface area contributed by atoms with E-state index in [0.29, 0.717) is 19.3 Å². The number of allylic oxidation sites excluding steroid dienone is 12. The van der Waals surface area contributed by atoms with Crippen molar-refractivity contribution in [3.63, 3.8) is 0 Å². The van der Waals surface area contributed by atoms with Gasteiger partial charge in [-0.25, -0.2) is 0 Å². The molecule has 0 aromatic heterocycles. The van der Waals surface area contributed by atoms with Crippen LogP contribution in [0.1, 0.15) is 316 Å². The average Bonchev–Trinajstić information content (AvgIpc) is 3.39. The number of carbonyl (C=O) groups excluding carboxylic acids is 3. The third-order valence-corrected chi connectivity index (χ3v) is 13.8. The Labute approximate surface area is 453 Å². The van der Waals surface area contributed by atoms with E-state index in [1.54, 1.807) is 0 Å². The Morgan fingerprint density at radius 1 is 0.301 bits per heavy atom. The highest BCUT2D eigenvalue weighted by Gasteiger charge is 2.19. The van der Waals surface area contributed by atoms with Gasteiger partial charge in [-0.05, 0) is 77.0 Å². The Balaban J connectivity index is 4.40. The largest absolute Gasteiger partial charge is 0.462 e. The van der Waals surface area contributed by atoms with Crippen molar-refractivity contribution in [2.24, 2.45) is 0 Å². The van der Waals surface area contributed by atoms with Crippen LogP contribution in [0.25, 0.3) is 0 Å². The number of rotatable bonds is 57. The van der Waals surface area contributed by atoms with E-state index >= 15 is 0 Å². The van der Waals surface area contributed by atoms with Crippen molar-refractivity contribution in [3.8, 4) is 0 Å². The highest BCUT2D eigenvalue weighted by Crippen LogP contribution is 2.17. The molecule has 0 rings (SSSR count). The molecule has 6 nitrogen and oxygen atoms in total. The first-order chi connectivity index (χ1) is 36.0. The summed E-state index contributed by atoms with van der Waals surface area (Å²) >= 11 is 0. The van der Waals surface area contributed by atoms with Crippen LogP contribution in [-0.2, 0) is 28.6 Å². The molecular weight excluding hydrogens is 901 g/mol. The maximum Gasteiger partial charge on any atom is 0.306 e. The summed E-state index contributed by atoms with van der Waals surface area (Å²) in [4.78, 5) is 38.3. The number of ether oxygens (including phenoxy) is 3. The molecule has 0 spiro atoms. The predicted octanol–water partition coefficient (Wildman–Crippen LogP) is 21.3. The van der Waals surface area contributed by atoms with E-state index in [1.165, 1.54) is 173 Å². The van der Waals surface area contributed by atoms with Crippen LogP contribution in [0.2, 0.25) is 0 Å². The third-order valence-electron chi connectivity index (χ3n) is 13.8. The zero-order chi connectivity index (χ0) is 52.9. The van der Waals surface area contributed by atoms with Crippen LogP contribution in [0.5, 0.6) is 0 Å². The Kier molecular flexibility index (Phi) is 58.7. The van der Waals surface area contributed by atoms with Gasteiger partial charge in [0, 0.05) is 19.3 Å². The number of hydrogen-bond acceptors (Lipinski definition) is 6. The Bertz CT molecular complexity index is 1360. The van der Waals surface area contributed by atoms with Gasteiger partial charge in [-0.3, -0.25) is 14.4 Å². The molecule has 0 saturated heterocycles. The molecular formula is C67H118O6. The Hall–Kier alpha value is -3.15. The predicted molar refractivity (Wildman–Crippen MR) is 316 cm³/mol. The molecule has 73 heavy (non-hydrogen) atoms. The molecule has 0 bridgehead atoms. The quantitative estimate of drug-likeness (QED) is 0.0199. The molecule has 1 atom stereocenters. The minimum atomic E-state index is -0.788. The lowest BCUT2D eigenvalue weighted by molar-refractivity contribution is -0.167. The van der Waals surface area contributed by atoms with Gasteiger partial charge in [0.15, 0.2) is 6.10 Å². The molecule has 422 valence electrons. The third kappa shape index (κ3) is 59.6. The first kappa shape index (κ1) is 69.8. The SMILES string of the molecule is CC/C=C\C/C=C\C/C=C\CCCCCCCCCCCC(=O)OCC(COC(=O)CCCCCCCCCCCCCCCCCCCC)OC(=O)CCCCCCC\C=C/C=C\C=C/CCCCCCC. The molecule has 0 aliphatic heterocycles. The van der Waals surface area contributed by atoms with E-state index in [9.17, 15) is 14.4 Å². The van der Waals surface area contributed by atoms with Crippen LogP contribution in [0, 0.1) is 0 Å². The Morgan fingerprint density at radius 2 is 0.589 bits per heavy atom. The summed E-state index contributed by atoms with van der Waals surface area (Å²) in [5.74, 6) is -0.892. The molecule has 0 aromatic rings. The second-order valence-corrected chi connectivity index (χ2v) is 21.0. The second-order valence-electron chi connectivity index (χ2n) is 21.0. The minimum absolute atomic E-state index is 0.0826. The lowest BCUT2D eigenvalue weighted by Gasteiger charge is -2.18. The van der Waals surface area contributed by atoms with E-state index in [2.05, 4.69) is 93.7 Å². The number of carbonyl (C=O) groups is 3. The van der Waals surface area contributed by atoms with Gasteiger partial charge in [0.1, 0.15) is 13.2 Å². The van der Waals surface area contributed by atoms with Crippen LogP contribution in [0.15, 0.2) is 72.9 Å². The zero-order valence-corrected chi connectivity index (χ0v) is 48.4. The molecule has 0 aromatic carbocycles. The summed E-state index contributed by atoms with van der Waals surface area (Å²) in [6.45, 7) is 6.54. The lowest BCUT2D eigenvalue weighted by Crippen LogP contribution is -2.30. The molecule has 0 aliphatic rings. The van der Waals surface area contributed by atoms with Gasteiger partial charge in [0.05, 0.1) is 0 Å². The topological polar surface area (TPSA) is 78.9 Å². The van der Waals surface area contributed by atoms with Crippen LogP contribution < -0.4 is 0 Å². The van der Waals surface area contributed by atoms with Gasteiger partial charge >= 0.3 is 17.9 Å². The van der Waals surface area contributed by atoms with E-state index in [-0.39, 0.29) is 31.1 Å². The van der Waals surface area contributed by atoms with Crippen molar-refractivity contribution in [1.29, 1.82) is 0 Å². The monoisotopic (exact) mass is 1020 g/mol. The summed E-state index contributed by atoms with van der Waals surface area (Å²) in [6.07, 6.45) is 79.0. The molecule has 0 radical (unpaired) electrons. The number of hydrogen-bond donors (Lipinski definition) is 0. The summed E-state index contributed by atoms with van der Waals surface area (Å²) in [5, 5.41) is 0. The molecule has 0 fully saturated rings. The molecule has 1 unspecified atom stereocenters. The van der Waals surface area contributed by atoms with Crippen molar-refractivity contribution < 1.29 is 28.6 Å². The first-order valence-corrected chi connectivity index (χ1v) is 31.5.